The molecule has 5 nitrogen and oxygen atoms in total. The van der Waals surface area contributed by atoms with E-state index in [0.717, 1.165) is 19.3 Å². The summed E-state index contributed by atoms with van der Waals surface area (Å²) >= 11 is 0. The van der Waals surface area contributed by atoms with Crippen LogP contribution < -0.4 is 0 Å². The molecule has 5 heteroatoms. The molecule has 0 bridgehead atoms. The molecular weight excluding hydrogens is 224 g/mol. The molecule has 0 amide bonds. The number of cyclic esters (lactones) is 1. The third-order valence-electron chi connectivity index (χ3n) is 3.31. The van der Waals surface area contributed by atoms with Crippen molar-refractivity contribution in [3.8, 4) is 0 Å². The standard InChI is InChI=1S/C12H18O5/c13-11(9-1-5-15-6-2-9)16-7-3-10-4-8-17-12(10)14/h9-10H,1-8H2. The quantitative estimate of drug-likeness (QED) is 0.686. The molecule has 0 aromatic heterocycles. The average molecular weight is 242 g/mol. The zero-order valence-electron chi connectivity index (χ0n) is 9.85. The fourth-order valence-corrected chi connectivity index (χ4v) is 2.15. The second-order valence-corrected chi connectivity index (χ2v) is 4.50. The molecule has 0 saturated carbocycles. The van der Waals surface area contributed by atoms with E-state index in [1.165, 1.54) is 0 Å². The zero-order valence-corrected chi connectivity index (χ0v) is 9.85. The predicted molar refractivity (Wildman–Crippen MR) is 58.2 cm³/mol. The van der Waals surface area contributed by atoms with Crippen molar-refractivity contribution >= 4 is 11.9 Å². The minimum Gasteiger partial charge on any atom is -0.465 e. The monoisotopic (exact) mass is 242 g/mol. The lowest BCUT2D eigenvalue weighted by Crippen LogP contribution is -2.26. The van der Waals surface area contributed by atoms with Gasteiger partial charge in [0, 0.05) is 13.2 Å². The largest absolute Gasteiger partial charge is 0.465 e. The highest BCUT2D eigenvalue weighted by Crippen LogP contribution is 2.19. The molecule has 2 fully saturated rings. The average Bonchev–Trinajstić information content (AvgIpc) is 2.76. The minimum atomic E-state index is -0.160. The van der Waals surface area contributed by atoms with Crippen LogP contribution in [0.4, 0.5) is 0 Å². The Labute approximate surface area is 100 Å². The fourth-order valence-electron chi connectivity index (χ4n) is 2.15. The number of hydrogen-bond donors (Lipinski definition) is 0. The summed E-state index contributed by atoms with van der Waals surface area (Å²) in [6, 6.07) is 0. The van der Waals surface area contributed by atoms with Gasteiger partial charge in [0.05, 0.1) is 25.0 Å². The van der Waals surface area contributed by atoms with Gasteiger partial charge in [-0.1, -0.05) is 0 Å². The molecular formula is C12H18O5. The molecule has 2 heterocycles. The van der Waals surface area contributed by atoms with E-state index in [9.17, 15) is 9.59 Å². The van der Waals surface area contributed by atoms with Gasteiger partial charge in [0.25, 0.3) is 0 Å². The molecule has 1 atom stereocenters. The molecule has 0 aliphatic carbocycles. The number of carbonyl (C=O) groups is 2. The molecule has 1 unspecified atom stereocenters. The SMILES string of the molecule is O=C(OCCC1CCOC1=O)C1CCOCC1. The van der Waals surface area contributed by atoms with Crippen LogP contribution >= 0.6 is 0 Å². The number of hydrogen-bond acceptors (Lipinski definition) is 5. The maximum absolute atomic E-state index is 11.7. The summed E-state index contributed by atoms with van der Waals surface area (Å²) in [5.74, 6) is -0.427. The maximum Gasteiger partial charge on any atom is 0.309 e. The van der Waals surface area contributed by atoms with E-state index >= 15 is 0 Å². The first-order valence-corrected chi connectivity index (χ1v) is 6.18. The van der Waals surface area contributed by atoms with Crippen LogP contribution in [-0.4, -0.2) is 38.4 Å². The Hall–Kier alpha value is -1.10. The van der Waals surface area contributed by atoms with E-state index in [0.29, 0.717) is 32.8 Å². The number of esters is 2. The van der Waals surface area contributed by atoms with Gasteiger partial charge in [0.15, 0.2) is 0 Å². The Morgan fingerprint density at radius 2 is 2.00 bits per heavy atom. The van der Waals surface area contributed by atoms with Gasteiger partial charge in [-0.3, -0.25) is 9.59 Å². The van der Waals surface area contributed by atoms with Crippen LogP contribution in [0.5, 0.6) is 0 Å². The smallest absolute Gasteiger partial charge is 0.309 e. The fraction of sp³-hybridized carbons (Fsp3) is 0.833. The van der Waals surface area contributed by atoms with Crippen molar-refractivity contribution in [2.75, 3.05) is 26.4 Å². The summed E-state index contributed by atoms with van der Waals surface area (Å²) in [6.07, 6.45) is 2.80. The first-order chi connectivity index (χ1) is 8.27. The summed E-state index contributed by atoms with van der Waals surface area (Å²) in [6.45, 7) is 2.08. The topological polar surface area (TPSA) is 61.8 Å². The van der Waals surface area contributed by atoms with E-state index in [-0.39, 0.29) is 23.8 Å². The van der Waals surface area contributed by atoms with Gasteiger partial charge in [-0.25, -0.2) is 0 Å². The van der Waals surface area contributed by atoms with E-state index < -0.39 is 0 Å². The van der Waals surface area contributed by atoms with Gasteiger partial charge < -0.3 is 14.2 Å². The van der Waals surface area contributed by atoms with Crippen molar-refractivity contribution in [2.24, 2.45) is 11.8 Å². The van der Waals surface area contributed by atoms with Gasteiger partial charge in [0.2, 0.25) is 0 Å². The summed E-state index contributed by atoms with van der Waals surface area (Å²) < 4.78 is 15.2. The highest BCUT2D eigenvalue weighted by atomic mass is 16.5. The molecule has 0 aromatic carbocycles. The molecule has 0 spiro atoms. The van der Waals surface area contributed by atoms with Crippen LogP contribution in [0.25, 0.3) is 0 Å². The molecule has 2 aliphatic rings. The molecule has 2 aliphatic heterocycles. The predicted octanol–water partition coefficient (Wildman–Crippen LogP) is 0.909. The van der Waals surface area contributed by atoms with Crippen molar-refractivity contribution in [2.45, 2.75) is 25.7 Å². The second kappa shape index (κ2) is 6.00. The van der Waals surface area contributed by atoms with Gasteiger partial charge in [-0.15, -0.1) is 0 Å². The van der Waals surface area contributed by atoms with Crippen LogP contribution in [-0.2, 0) is 23.8 Å². The van der Waals surface area contributed by atoms with Crippen LogP contribution in [0.3, 0.4) is 0 Å². The van der Waals surface area contributed by atoms with Crippen LogP contribution in [0.1, 0.15) is 25.7 Å². The lowest BCUT2D eigenvalue weighted by molar-refractivity contribution is -0.153. The summed E-state index contributed by atoms with van der Waals surface area (Å²) in [5.41, 5.74) is 0. The van der Waals surface area contributed by atoms with Crippen molar-refractivity contribution in [3.05, 3.63) is 0 Å². The highest BCUT2D eigenvalue weighted by Gasteiger charge is 2.27. The van der Waals surface area contributed by atoms with E-state index in [4.69, 9.17) is 14.2 Å². The highest BCUT2D eigenvalue weighted by molar-refractivity contribution is 5.74. The third-order valence-corrected chi connectivity index (χ3v) is 3.31. The number of rotatable bonds is 4. The van der Waals surface area contributed by atoms with E-state index in [2.05, 4.69) is 0 Å². The van der Waals surface area contributed by atoms with E-state index in [1.807, 2.05) is 0 Å². The normalized spacial score (nSPS) is 25.6. The minimum absolute atomic E-state index is 0.0284. The van der Waals surface area contributed by atoms with Crippen LogP contribution in [0, 0.1) is 11.8 Å². The van der Waals surface area contributed by atoms with Crippen molar-refractivity contribution in [1.29, 1.82) is 0 Å². The molecule has 0 N–H and O–H groups in total. The Morgan fingerprint density at radius 3 is 2.65 bits per heavy atom. The first-order valence-electron chi connectivity index (χ1n) is 6.18. The lowest BCUT2D eigenvalue weighted by atomic mass is 10.0. The van der Waals surface area contributed by atoms with Gasteiger partial charge in [-0.05, 0) is 25.7 Å². The molecule has 0 radical (unpaired) electrons. The Bertz CT molecular complexity index is 283. The second-order valence-electron chi connectivity index (χ2n) is 4.50. The summed E-state index contributed by atoms with van der Waals surface area (Å²) in [7, 11) is 0. The van der Waals surface area contributed by atoms with Gasteiger partial charge >= 0.3 is 11.9 Å². The number of ether oxygens (including phenoxy) is 3. The van der Waals surface area contributed by atoms with Crippen molar-refractivity contribution in [1.82, 2.24) is 0 Å². The Balaban J connectivity index is 1.64. The van der Waals surface area contributed by atoms with Crippen LogP contribution in [0.2, 0.25) is 0 Å². The van der Waals surface area contributed by atoms with Crippen molar-refractivity contribution in [3.63, 3.8) is 0 Å². The molecule has 96 valence electrons. The molecule has 17 heavy (non-hydrogen) atoms. The maximum atomic E-state index is 11.7. The third kappa shape index (κ3) is 3.43. The van der Waals surface area contributed by atoms with Crippen molar-refractivity contribution < 1.29 is 23.8 Å². The molecule has 2 saturated heterocycles. The first kappa shape index (κ1) is 12.4. The van der Waals surface area contributed by atoms with Crippen LogP contribution in [0.15, 0.2) is 0 Å². The Kier molecular flexibility index (Phi) is 4.36. The molecule has 2 rings (SSSR count). The van der Waals surface area contributed by atoms with Gasteiger partial charge in [-0.2, -0.15) is 0 Å². The Morgan fingerprint density at radius 1 is 1.24 bits per heavy atom. The summed E-state index contributed by atoms with van der Waals surface area (Å²) in [4.78, 5) is 22.8. The number of carbonyl (C=O) groups excluding carboxylic acids is 2. The van der Waals surface area contributed by atoms with E-state index in [1.54, 1.807) is 0 Å². The van der Waals surface area contributed by atoms with Gasteiger partial charge in [0.1, 0.15) is 0 Å². The lowest BCUT2D eigenvalue weighted by Gasteiger charge is -2.20. The zero-order chi connectivity index (χ0) is 12.1. The molecule has 0 aromatic rings. The summed E-state index contributed by atoms with van der Waals surface area (Å²) in [5, 5.41) is 0.